The summed E-state index contributed by atoms with van der Waals surface area (Å²) in [6.45, 7) is 3.94. The molecule has 1 aromatic heterocycles. The number of rotatable bonds is 9. The SMILES string of the molecule is [B]C1(O)c2ncccc2C(=O)N1Cc1c(F)cc(-c2ccc(CCCOC(C)C)c(N)c2C=NC)cc1F. The van der Waals surface area contributed by atoms with E-state index < -0.39 is 35.3 Å². The molecule has 2 radical (unpaired) electrons. The van der Waals surface area contributed by atoms with Crippen LogP contribution in [-0.2, 0) is 23.3 Å². The molecule has 0 bridgehead atoms. The van der Waals surface area contributed by atoms with Crippen molar-refractivity contribution in [2.45, 2.75) is 45.0 Å². The number of halogens is 2. The number of amides is 1. The van der Waals surface area contributed by atoms with Gasteiger partial charge in [-0.05, 0) is 67.6 Å². The second kappa shape index (κ2) is 11.0. The van der Waals surface area contributed by atoms with Crippen molar-refractivity contribution in [3.63, 3.8) is 0 Å². The summed E-state index contributed by atoms with van der Waals surface area (Å²) >= 11 is 0. The third-order valence-corrected chi connectivity index (χ3v) is 6.49. The Morgan fingerprint density at radius 2 is 1.95 bits per heavy atom. The van der Waals surface area contributed by atoms with Gasteiger partial charge in [0.25, 0.3) is 5.91 Å². The minimum absolute atomic E-state index is 0.0720. The summed E-state index contributed by atoms with van der Waals surface area (Å²) < 4.78 is 36.3. The van der Waals surface area contributed by atoms with Gasteiger partial charge in [0, 0.05) is 42.9 Å². The molecular formula is C28H29BF2N4O3. The molecule has 1 atom stereocenters. The van der Waals surface area contributed by atoms with Crippen LogP contribution in [0.1, 0.15) is 53.0 Å². The molecule has 1 amide bonds. The van der Waals surface area contributed by atoms with Crippen molar-refractivity contribution in [1.29, 1.82) is 0 Å². The topological polar surface area (TPSA) is 101 Å². The van der Waals surface area contributed by atoms with E-state index in [9.17, 15) is 9.90 Å². The van der Waals surface area contributed by atoms with Gasteiger partial charge in [-0.1, -0.05) is 12.1 Å². The van der Waals surface area contributed by atoms with Crippen LogP contribution in [0.15, 0.2) is 47.6 Å². The Morgan fingerprint density at radius 3 is 2.58 bits per heavy atom. The molecule has 0 saturated carbocycles. The lowest BCUT2D eigenvalue weighted by Crippen LogP contribution is -2.44. The number of anilines is 1. The number of hydrogen-bond acceptors (Lipinski definition) is 6. The molecule has 196 valence electrons. The lowest BCUT2D eigenvalue weighted by Gasteiger charge is -2.31. The molecule has 1 unspecified atom stereocenters. The molecule has 2 aromatic carbocycles. The molecule has 0 saturated heterocycles. The predicted molar refractivity (Wildman–Crippen MR) is 143 cm³/mol. The van der Waals surface area contributed by atoms with Crippen LogP contribution in [0.3, 0.4) is 0 Å². The zero-order chi connectivity index (χ0) is 27.6. The van der Waals surface area contributed by atoms with Gasteiger partial charge in [0.1, 0.15) is 17.3 Å². The van der Waals surface area contributed by atoms with Crippen LogP contribution in [0.25, 0.3) is 11.1 Å². The van der Waals surface area contributed by atoms with Crippen LogP contribution >= 0.6 is 0 Å². The van der Waals surface area contributed by atoms with Crippen molar-refractivity contribution >= 4 is 25.7 Å². The number of nitrogen functional groups attached to an aromatic ring is 1. The quantitative estimate of drug-likeness (QED) is 0.194. The number of benzene rings is 2. The third-order valence-electron chi connectivity index (χ3n) is 6.49. The van der Waals surface area contributed by atoms with Gasteiger partial charge in [-0.25, -0.2) is 8.78 Å². The summed E-state index contributed by atoms with van der Waals surface area (Å²) in [4.78, 5) is 21.6. The van der Waals surface area contributed by atoms with Crippen LogP contribution < -0.4 is 5.73 Å². The van der Waals surface area contributed by atoms with Crippen molar-refractivity contribution in [1.82, 2.24) is 9.88 Å². The predicted octanol–water partition coefficient (Wildman–Crippen LogP) is 3.94. The van der Waals surface area contributed by atoms with Crippen LogP contribution in [0, 0.1) is 11.6 Å². The van der Waals surface area contributed by atoms with Crippen LogP contribution in [0.5, 0.6) is 0 Å². The molecule has 0 aliphatic carbocycles. The minimum Gasteiger partial charge on any atom is -0.398 e. The van der Waals surface area contributed by atoms with E-state index in [1.54, 1.807) is 19.3 Å². The number of carbonyl (C=O) groups excluding carboxylic acids is 1. The van der Waals surface area contributed by atoms with E-state index in [0.29, 0.717) is 29.8 Å². The van der Waals surface area contributed by atoms with Crippen molar-refractivity contribution < 1.29 is 23.4 Å². The zero-order valence-corrected chi connectivity index (χ0v) is 21.5. The van der Waals surface area contributed by atoms with Gasteiger partial charge < -0.3 is 20.5 Å². The number of pyridine rings is 1. The van der Waals surface area contributed by atoms with Gasteiger partial charge in [0.15, 0.2) is 7.85 Å². The van der Waals surface area contributed by atoms with E-state index in [0.717, 1.165) is 29.0 Å². The number of nitrogens with zero attached hydrogens (tertiary/aromatic N) is 3. The van der Waals surface area contributed by atoms with Gasteiger partial charge in [-0.15, -0.1) is 0 Å². The summed E-state index contributed by atoms with van der Waals surface area (Å²) in [5.74, 6) is -2.48. The first-order chi connectivity index (χ1) is 18.1. The monoisotopic (exact) mass is 518 g/mol. The number of nitrogens with two attached hydrogens (primary N) is 1. The number of ether oxygens (including phenoxy) is 1. The number of aromatic nitrogens is 1. The maximum Gasteiger partial charge on any atom is 0.258 e. The first-order valence-electron chi connectivity index (χ1n) is 12.3. The minimum atomic E-state index is -2.31. The molecule has 1 aliphatic rings. The van der Waals surface area contributed by atoms with E-state index in [2.05, 4.69) is 9.98 Å². The molecule has 4 rings (SSSR count). The largest absolute Gasteiger partial charge is 0.398 e. The molecule has 3 aromatic rings. The lowest BCUT2D eigenvalue weighted by atomic mass is 9.87. The zero-order valence-electron chi connectivity index (χ0n) is 21.5. The summed E-state index contributed by atoms with van der Waals surface area (Å²) in [5.41, 5.74) is 6.38. The average Bonchev–Trinajstić information content (AvgIpc) is 3.06. The van der Waals surface area contributed by atoms with Gasteiger partial charge in [0.2, 0.25) is 0 Å². The van der Waals surface area contributed by atoms with E-state index in [1.807, 2.05) is 19.9 Å². The molecule has 0 spiro atoms. The number of aryl methyl sites for hydroxylation is 1. The number of aliphatic hydroxyl groups is 1. The first kappa shape index (κ1) is 27.4. The highest BCUT2D eigenvalue weighted by Crippen LogP contribution is 2.37. The van der Waals surface area contributed by atoms with E-state index in [1.165, 1.54) is 18.3 Å². The fourth-order valence-electron chi connectivity index (χ4n) is 4.56. The highest BCUT2D eigenvalue weighted by atomic mass is 19.1. The molecule has 7 nitrogen and oxygen atoms in total. The Balaban J connectivity index is 1.64. The standard InChI is InChI=1S/C28H29BF2N4O3/c1-16(2)38-11-5-6-17-8-9-19(21(14-33-3)25(17)32)18-12-23(30)22(24(31)13-18)15-35-27(36)20-7-4-10-34-26(20)28(35,29)37/h4,7-10,12-14,16,37H,5-6,11,15,32H2,1-3H3. The van der Waals surface area contributed by atoms with Crippen LogP contribution in [0.2, 0.25) is 0 Å². The summed E-state index contributed by atoms with van der Waals surface area (Å²) in [7, 11) is 7.54. The smallest absolute Gasteiger partial charge is 0.258 e. The number of fused-ring (bicyclic) bond motifs is 1. The Hall–Kier alpha value is -3.63. The maximum atomic E-state index is 15.3. The number of aliphatic imine (C=N–C) groups is 1. The Morgan fingerprint density at radius 1 is 1.24 bits per heavy atom. The van der Waals surface area contributed by atoms with Crippen molar-refractivity contribution in [2.24, 2.45) is 4.99 Å². The fraction of sp³-hybridized carbons (Fsp3) is 0.321. The molecule has 0 fully saturated rings. The van der Waals surface area contributed by atoms with Gasteiger partial charge in [-0.3, -0.25) is 14.8 Å². The normalized spacial score (nSPS) is 17.1. The number of carbonyl (C=O) groups is 1. The van der Waals surface area contributed by atoms with Crippen molar-refractivity contribution in [2.75, 3.05) is 19.4 Å². The molecule has 3 N–H and O–H groups in total. The fourth-order valence-corrected chi connectivity index (χ4v) is 4.56. The van der Waals surface area contributed by atoms with Crippen molar-refractivity contribution in [3.05, 3.63) is 82.2 Å². The second-order valence-electron chi connectivity index (χ2n) is 9.45. The molecule has 38 heavy (non-hydrogen) atoms. The van der Waals surface area contributed by atoms with E-state index >= 15 is 8.78 Å². The molecule has 2 heterocycles. The van der Waals surface area contributed by atoms with E-state index in [-0.39, 0.29) is 22.9 Å². The summed E-state index contributed by atoms with van der Waals surface area (Å²) in [5, 5.41) is 10.7. The molecule has 1 aliphatic heterocycles. The highest BCUT2D eigenvalue weighted by molar-refractivity contribution is 6.19. The van der Waals surface area contributed by atoms with Crippen LogP contribution in [0.4, 0.5) is 14.5 Å². The van der Waals surface area contributed by atoms with Gasteiger partial charge in [0.05, 0.1) is 23.9 Å². The lowest BCUT2D eigenvalue weighted by molar-refractivity contribution is -0.0231. The second-order valence-corrected chi connectivity index (χ2v) is 9.45. The number of hydrogen-bond donors (Lipinski definition) is 2. The maximum absolute atomic E-state index is 15.3. The molecule has 10 heteroatoms. The summed E-state index contributed by atoms with van der Waals surface area (Å²) in [6, 6.07) is 8.87. The third kappa shape index (κ3) is 5.19. The van der Waals surface area contributed by atoms with E-state index in [4.69, 9.17) is 18.3 Å². The first-order valence-corrected chi connectivity index (χ1v) is 12.3. The van der Waals surface area contributed by atoms with Gasteiger partial charge in [-0.2, -0.15) is 0 Å². The van der Waals surface area contributed by atoms with Gasteiger partial charge >= 0.3 is 0 Å². The Labute approximate surface area is 221 Å². The molecular weight excluding hydrogens is 489 g/mol. The Bertz CT molecular complexity index is 1370. The highest BCUT2D eigenvalue weighted by Gasteiger charge is 2.46. The Kier molecular flexibility index (Phi) is 7.94. The summed E-state index contributed by atoms with van der Waals surface area (Å²) in [6.07, 6.45) is 4.51. The van der Waals surface area contributed by atoms with Crippen molar-refractivity contribution in [3.8, 4) is 11.1 Å². The van der Waals surface area contributed by atoms with Crippen LogP contribution in [-0.4, -0.2) is 54.7 Å². The average molecular weight is 518 g/mol.